The summed E-state index contributed by atoms with van der Waals surface area (Å²) in [6.07, 6.45) is 3.10. The number of thiazole rings is 1. The Morgan fingerprint density at radius 2 is 1.92 bits per heavy atom. The fraction of sp³-hybridized carbons (Fsp3) is 0.0556. The minimum atomic E-state index is -0.127. The molecule has 1 amide bonds. The Morgan fingerprint density at radius 3 is 2.56 bits per heavy atom. The van der Waals surface area contributed by atoms with Gasteiger partial charge in [0.25, 0.3) is 0 Å². The fourth-order valence-electron chi connectivity index (χ4n) is 2.15. The number of carbonyl (C=O) groups excluding carboxylic acids is 2. The van der Waals surface area contributed by atoms with Crippen molar-refractivity contribution in [2.24, 2.45) is 0 Å². The van der Waals surface area contributed by atoms with Crippen molar-refractivity contribution in [2.75, 3.05) is 4.90 Å². The molecule has 0 N–H and O–H groups in total. The van der Waals surface area contributed by atoms with Crippen LogP contribution in [0.4, 0.5) is 10.8 Å². The zero-order valence-corrected chi connectivity index (χ0v) is 15.6. The number of aromatic nitrogens is 1. The van der Waals surface area contributed by atoms with E-state index in [4.69, 9.17) is 11.6 Å². The van der Waals surface area contributed by atoms with Crippen LogP contribution in [0, 0.1) is 0 Å². The van der Waals surface area contributed by atoms with Crippen LogP contribution in [-0.4, -0.2) is 16.7 Å². The number of allylic oxidation sites excluding steroid dienone is 1. The molecule has 0 unspecified atom stereocenters. The SMILES string of the molecule is CC(=O)N(c1ccccc1)c1nc(/C=C/C(=O)c2ccc(Cl)s2)cs1. The molecule has 0 spiro atoms. The average Bonchev–Trinajstić information content (AvgIpc) is 3.23. The third-order valence-corrected chi connectivity index (χ3v) is 5.34. The van der Waals surface area contributed by atoms with Gasteiger partial charge in [0, 0.05) is 12.3 Å². The van der Waals surface area contributed by atoms with E-state index < -0.39 is 0 Å². The van der Waals surface area contributed by atoms with Gasteiger partial charge < -0.3 is 0 Å². The molecule has 4 nitrogen and oxygen atoms in total. The van der Waals surface area contributed by atoms with E-state index >= 15 is 0 Å². The molecular formula is C18H13ClN2O2S2. The number of hydrogen-bond acceptors (Lipinski definition) is 5. The number of anilines is 2. The second kappa shape index (κ2) is 7.74. The smallest absolute Gasteiger partial charge is 0.230 e. The monoisotopic (exact) mass is 388 g/mol. The lowest BCUT2D eigenvalue weighted by molar-refractivity contribution is -0.115. The van der Waals surface area contributed by atoms with Crippen LogP contribution >= 0.6 is 34.3 Å². The summed E-state index contributed by atoms with van der Waals surface area (Å²) in [6, 6.07) is 12.7. The Labute approximate surface area is 158 Å². The molecule has 0 atom stereocenters. The van der Waals surface area contributed by atoms with E-state index in [9.17, 15) is 9.59 Å². The van der Waals surface area contributed by atoms with Crippen molar-refractivity contribution in [3.05, 3.63) is 68.8 Å². The van der Waals surface area contributed by atoms with Crippen molar-refractivity contribution in [2.45, 2.75) is 6.92 Å². The highest BCUT2D eigenvalue weighted by molar-refractivity contribution is 7.18. The first-order valence-electron chi connectivity index (χ1n) is 7.33. The third-order valence-electron chi connectivity index (χ3n) is 3.25. The molecule has 2 heterocycles. The molecule has 126 valence electrons. The molecule has 0 aliphatic carbocycles. The fourth-order valence-corrected chi connectivity index (χ4v) is 3.97. The van der Waals surface area contributed by atoms with Crippen molar-refractivity contribution < 1.29 is 9.59 Å². The molecule has 0 bridgehead atoms. The molecule has 2 aromatic heterocycles. The summed E-state index contributed by atoms with van der Waals surface area (Å²) in [7, 11) is 0. The maximum atomic E-state index is 12.1. The first-order valence-corrected chi connectivity index (χ1v) is 9.41. The second-order valence-corrected chi connectivity index (χ2v) is 7.60. The topological polar surface area (TPSA) is 50.3 Å². The lowest BCUT2D eigenvalue weighted by Crippen LogP contribution is -2.22. The van der Waals surface area contributed by atoms with Crippen LogP contribution in [0.25, 0.3) is 6.08 Å². The zero-order chi connectivity index (χ0) is 17.8. The predicted octanol–water partition coefficient (Wildman–Crippen LogP) is 5.44. The predicted molar refractivity (Wildman–Crippen MR) is 104 cm³/mol. The van der Waals surface area contributed by atoms with Gasteiger partial charge in [0.15, 0.2) is 10.9 Å². The summed E-state index contributed by atoms with van der Waals surface area (Å²) >= 11 is 8.42. The van der Waals surface area contributed by atoms with Gasteiger partial charge in [-0.1, -0.05) is 29.8 Å². The molecule has 0 saturated carbocycles. The maximum Gasteiger partial charge on any atom is 0.230 e. The standard InChI is InChI=1S/C18H13ClN2O2S2/c1-12(22)21(14-5-3-2-4-6-14)18-20-13(11-24-18)7-8-15(23)16-9-10-17(19)25-16/h2-11H,1H3/b8-7+. The first-order chi connectivity index (χ1) is 12.0. The highest BCUT2D eigenvalue weighted by atomic mass is 35.5. The summed E-state index contributed by atoms with van der Waals surface area (Å²) in [5.41, 5.74) is 1.38. The van der Waals surface area contributed by atoms with Crippen molar-refractivity contribution in [1.29, 1.82) is 0 Å². The normalized spacial score (nSPS) is 11.0. The van der Waals surface area contributed by atoms with Crippen LogP contribution in [0.3, 0.4) is 0 Å². The summed E-state index contributed by atoms with van der Waals surface area (Å²) in [6.45, 7) is 1.49. The number of hydrogen-bond donors (Lipinski definition) is 0. The molecule has 3 rings (SSSR count). The van der Waals surface area contributed by atoms with Gasteiger partial charge in [0.05, 0.1) is 20.6 Å². The Morgan fingerprint density at radius 1 is 1.16 bits per heavy atom. The van der Waals surface area contributed by atoms with Gasteiger partial charge in [-0.15, -0.1) is 22.7 Å². The lowest BCUT2D eigenvalue weighted by Gasteiger charge is -2.17. The summed E-state index contributed by atoms with van der Waals surface area (Å²) in [5, 5.41) is 2.37. The van der Waals surface area contributed by atoms with Crippen molar-refractivity contribution in [1.82, 2.24) is 4.98 Å². The Balaban J connectivity index is 1.80. The highest BCUT2D eigenvalue weighted by Gasteiger charge is 2.17. The Bertz CT molecular complexity index is 931. The summed E-state index contributed by atoms with van der Waals surface area (Å²) in [4.78, 5) is 30.7. The van der Waals surface area contributed by atoms with Gasteiger partial charge in [-0.05, 0) is 36.4 Å². The Hall–Kier alpha value is -2.28. The van der Waals surface area contributed by atoms with Crippen molar-refractivity contribution >= 4 is 62.9 Å². The number of thiophene rings is 1. The van der Waals surface area contributed by atoms with Gasteiger partial charge in [-0.3, -0.25) is 14.5 Å². The second-order valence-electron chi connectivity index (χ2n) is 5.05. The van der Waals surface area contributed by atoms with Gasteiger partial charge in [0.2, 0.25) is 5.91 Å². The molecule has 0 saturated heterocycles. The average molecular weight is 389 g/mol. The van der Waals surface area contributed by atoms with Crippen LogP contribution in [-0.2, 0) is 4.79 Å². The van der Waals surface area contributed by atoms with E-state index in [1.165, 1.54) is 35.7 Å². The number of benzene rings is 1. The zero-order valence-electron chi connectivity index (χ0n) is 13.2. The third kappa shape index (κ3) is 4.22. The molecular weight excluding hydrogens is 376 g/mol. The summed E-state index contributed by atoms with van der Waals surface area (Å²) in [5.74, 6) is -0.252. The maximum absolute atomic E-state index is 12.1. The van der Waals surface area contributed by atoms with E-state index in [1.54, 1.807) is 28.5 Å². The van der Waals surface area contributed by atoms with E-state index in [0.29, 0.717) is 20.0 Å². The van der Waals surface area contributed by atoms with Crippen molar-refractivity contribution in [3.63, 3.8) is 0 Å². The minimum absolute atomic E-state index is 0.125. The van der Waals surface area contributed by atoms with Crippen LogP contribution in [0.2, 0.25) is 4.34 Å². The Kier molecular flexibility index (Phi) is 5.43. The first kappa shape index (κ1) is 17.5. The lowest BCUT2D eigenvalue weighted by atomic mass is 10.3. The van der Waals surface area contributed by atoms with Crippen LogP contribution in [0.1, 0.15) is 22.3 Å². The van der Waals surface area contributed by atoms with Gasteiger partial charge in [-0.2, -0.15) is 0 Å². The summed E-state index contributed by atoms with van der Waals surface area (Å²) < 4.78 is 0.577. The van der Waals surface area contributed by atoms with Gasteiger partial charge in [0.1, 0.15) is 0 Å². The van der Waals surface area contributed by atoms with Gasteiger partial charge in [-0.25, -0.2) is 4.98 Å². The molecule has 25 heavy (non-hydrogen) atoms. The van der Waals surface area contributed by atoms with Gasteiger partial charge >= 0.3 is 0 Å². The minimum Gasteiger partial charge on any atom is -0.288 e. The largest absolute Gasteiger partial charge is 0.288 e. The molecule has 0 radical (unpaired) electrons. The molecule has 0 fully saturated rings. The van der Waals surface area contributed by atoms with E-state index in [2.05, 4.69) is 4.98 Å². The number of carbonyl (C=O) groups is 2. The number of nitrogens with zero attached hydrogens (tertiary/aromatic N) is 2. The van der Waals surface area contributed by atoms with E-state index in [0.717, 1.165) is 5.69 Å². The molecule has 1 aromatic carbocycles. The quantitative estimate of drug-likeness (QED) is 0.432. The number of halogens is 1. The van der Waals surface area contributed by atoms with Crippen LogP contribution in [0.5, 0.6) is 0 Å². The number of amides is 1. The highest BCUT2D eigenvalue weighted by Crippen LogP contribution is 2.29. The van der Waals surface area contributed by atoms with Crippen molar-refractivity contribution in [3.8, 4) is 0 Å². The van der Waals surface area contributed by atoms with Crippen LogP contribution < -0.4 is 4.90 Å². The molecule has 3 aromatic rings. The number of rotatable bonds is 5. The number of para-hydroxylation sites is 1. The molecule has 0 aliphatic heterocycles. The molecule has 7 heteroatoms. The number of ketones is 1. The molecule has 0 aliphatic rings. The van der Waals surface area contributed by atoms with E-state index in [1.807, 2.05) is 30.3 Å². The van der Waals surface area contributed by atoms with Crippen LogP contribution in [0.15, 0.2) is 53.9 Å². The van der Waals surface area contributed by atoms with E-state index in [-0.39, 0.29) is 11.7 Å².